The second-order valence-electron chi connectivity index (χ2n) is 6.59. The standard InChI is InChI=1S/C22H24ClN3O6/c1-28-17-6-5-12(7-16(17)26-22(27)15(23)10-24)14-11-25-32-20(14)13-8-18(29-2)21(31-4)19(9-13)30-3/h5-9,11,15H,10,24H2,1-4H3,(H,26,27). The van der Waals surface area contributed by atoms with E-state index in [1.54, 1.807) is 30.5 Å². The molecule has 2 aromatic carbocycles. The third-order valence-corrected chi connectivity index (χ3v) is 5.13. The first kappa shape index (κ1) is 23.2. The van der Waals surface area contributed by atoms with Crippen LogP contribution in [0.5, 0.6) is 23.0 Å². The van der Waals surface area contributed by atoms with Crippen LogP contribution in [0.4, 0.5) is 5.69 Å². The molecule has 170 valence electrons. The molecule has 1 heterocycles. The predicted molar refractivity (Wildman–Crippen MR) is 121 cm³/mol. The number of nitrogens with one attached hydrogen (secondary N) is 1. The van der Waals surface area contributed by atoms with Gasteiger partial charge in [-0.2, -0.15) is 0 Å². The Morgan fingerprint density at radius 3 is 2.25 bits per heavy atom. The molecular weight excluding hydrogens is 438 g/mol. The number of nitrogens with zero attached hydrogens (tertiary/aromatic N) is 1. The largest absolute Gasteiger partial charge is 0.495 e. The highest BCUT2D eigenvalue weighted by molar-refractivity contribution is 6.32. The maximum atomic E-state index is 12.3. The normalized spacial score (nSPS) is 11.6. The van der Waals surface area contributed by atoms with Gasteiger partial charge in [0.1, 0.15) is 11.1 Å². The van der Waals surface area contributed by atoms with E-state index in [0.717, 1.165) is 5.56 Å². The molecule has 1 atom stereocenters. The highest BCUT2D eigenvalue weighted by Gasteiger charge is 2.21. The minimum atomic E-state index is -0.867. The van der Waals surface area contributed by atoms with Crippen LogP contribution in [0, 0.1) is 0 Å². The number of rotatable bonds is 9. The number of amides is 1. The van der Waals surface area contributed by atoms with Crippen LogP contribution < -0.4 is 30.0 Å². The molecule has 0 saturated heterocycles. The van der Waals surface area contributed by atoms with E-state index >= 15 is 0 Å². The van der Waals surface area contributed by atoms with E-state index in [0.29, 0.717) is 45.6 Å². The first-order valence-corrected chi connectivity index (χ1v) is 9.99. The van der Waals surface area contributed by atoms with Crippen molar-refractivity contribution in [1.82, 2.24) is 5.16 Å². The summed E-state index contributed by atoms with van der Waals surface area (Å²) in [6.45, 7) is 0.00628. The van der Waals surface area contributed by atoms with Gasteiger partial charge in [0.15, 0.2) is 17.3 Å². The van der Waals surface area contributed by atoms with E-state index in [-0.39, 0.29) is 6.54 Å². The van der Waals surface area contributed by atoms with E-state index < -0.39 is 11.3 Å². The number of hydrogen-bond acceptors (Lipinski definition) is 8. The summed E-state index contributed by atoms with van der Waals surface area (Å²) in [7, 11) is 6.11. The minimum absolute atomic E-state index is 0.00628. The van der Waals surface area contributed by atoms with Crippen LogP contribution in [-0.2, 0) is 4.79 Å². The second-order valence-corrected chi connectivity index (χ2v) is 7.12. The number of carbonyl (C=O) groups excluding carboxylic acids is 1. The molecule has 9 nitrogen and oxygen atoms in total. The summed E-state index contributed by atoms with van der Waals surface area (Å²) in [6, 6.07) is 8.81. The fourth-order valence-corrected chi connectivity index (χ4v) is 3.21. The Labute approximate surface area is 190 Å². The lowest BCUT2D eigenvalue weighted by atomic mass is 10.0. The van der Waals surface area contributed by atoms with E-state index in [1.807, 2.05) is 6.07 Å². The van der Waals surface area contributed by atoms with Crippen LogP contribution in [-0.4, -0.2) is 51.4 Å². The lowest BCUT2D eigenvalue weighted by Crippen LogP contribution is -2.29. The number of benzene rings is 2. The van der Waals surface area contributed by atoms with Gasteiger partial charge in [0.25, 0.3) is 0 Å². The molecule has 3 N–H and O–H groups in total. The number of halogens is 1. The van der Waals surface area contributed by atoms with Gasteiger partial charge in [-0.05, 0) is 29.8 Å². The van der Waals surface area contributed by atoms with E-state index in [2.05, 4.69) is 10.5 Å². The van der Waals surface area contributed by atoms with E-state index in [4.69, 9.17) is 40.8 Å². The molecule has 3 rings (SSSR count). The first-order valence-electron chi connectivity index (χ1n) is 9.55. The third kappa shape index (κ3) is 4.58. The van der Waals surface area contributed by atoms with Crippen LogP contribution in [0.1, 0.15) is 0 Å². The van der Waals surface area contributed by atoms with Gasteiger partial charge in [0, 0.05) is 17.7 Å². The van der Waals surface area contributed by atoms with Gasteiger partial charge >= 0.3 is 0 Å². The van der Waals surface area contributed by atoms with Crippen molar-refractivity contribution in [3.63, 3.8) is 0 Å². The fourth-order valence-electron chi connectivity index (χ4n) is 3.16. The molecule has 0 saturated carbocycles. The van der Waals surface area contributed by atoms with Crippen molar-refractivity contribution in [1.29, 1.82) is 0 Å². The zero-order chi connectivity index (χ0) is 23.3. The van der Waals surface area contributed by atoms with Crippen molar-refractivity contribution >= 4 is 23.2 Å². The lowest BCUT2D eigenvalue weighted by Gasteiger charge is -2.15. The lowest BCUT2D eigenvalue weighted by molar-refractivity contribution is -0.115. The van der Waals surface area contributed by atoms with Crippen LogP contribution in [0.15, 0.2) is 41.1 Å². The zero-order valence-electron chi connectivity index (χ0n) is 18.1. The van der Waals surface area contributed by atoms with Gasteiger partial charge < -0.3 is 34.5 Å². The summed E-state index contributed by atoms with van der Waals surface area (Å²) in [6.07, 6.45) is 1.58. The average molecular weight is 462 g/mol. The summed E-state index contributed by atoms with van der Waals surface area (Å²) in [5.41, 5.74) is 7.99. The maximum absolute atomic E-state index is 12.3. The zero-order valence-corrected chi connectivity index (χ0v) is 18.9. The van der Waals surface area contributed by atoms with Crippen molar-refractivity contribution in [2.45, 2.75) is 5.38 Å². The number of ether oxygens (including phenoxy) is 4. The molecule has 32 heavy (non-hydrogen) atoms. The quantitative estimate of drug-likeness (QED) is 0.464. The third-order valence-electron chi connectivity index (χ3n) is 4.76. The molecule has 3 aromatic rings. The van der Waals surface area contributed by atoms with Crippen molar-refractivity contribution < 1.29 is 28.3 Å². The van der Waals surface area contributed by atoms with Crippen LogP contribution in [0.3, 0.4) is 0 Å². The summed E-state index contributed by atoms with van der Waals surface area (Å²) in [5, 5.41) is 5.83. The maximum Gasteiger partial charge on any atom is 0.243 e. The van der Waals surface area contributed by atoms with Crippen LogP contribution >= 0.6 is 11.6 Å². The average Bonchev–Trinajstić information content (AvgIpc) is 3.32. The Balaban J connectivity index is 2.07. The van der Waals surface area contributed by atoms with Crippen LogP contribution in [0.25, 0.3) is 22.5 Å². The highest BCUT2D eigenvalue weighted by atomic mass is 35.5. The molecule has 1 amide bonds. The molecule has 0 aliphatic rings. The monoisotopic (exact) mass is 461 g/mol. The molecule has 1 aromatic heterocycles. The summed E-state index contributed by atoms with van der Waals surface area (Å²) in [5.74, 6) is 1.92. The fraction of sp³-hybridized carbons (Fsp3) is 0.273. The van der Waals surface area contributed by atoms with Gasteiger partial charge in [-0.3, -0.25) is 4.79 Å². The van der Waals surface area contributed by atoms with Crippen molar-refractivity contribution in [2.75, 3.05) is 40.3 Å². The van der Waals surface area contributed by atoms with Crippen LogP contribution in [0.2, 0.25) is 0 Å². The molecule has 0 fully saturated rings. The van der Waals surface area contributed by atoms with Gasteiger partial charge in [-0.25, -0.2) is 0 Å². The Hall–Kier alpha value is -3.43. The number of nitrogens with two attached hydrogens (primary N) is 1. The molecule has 0 aliphatic heterocycles. The molecule has 0 spiro atoms. The molecule has 1 unspecified atom stereocenters. The van der Waals surface area contributed by atoms with Gasteiger partial charge in [-0.1, -0.05) is 11.2 Å². The second kappa shape index (κ2) is 10.3. The number of methoxy groups -OCH3 is 4. The van der Waals surface area contributed by atoms with Gasteiger partial charge in [-0.15, -0.1) is 11.6 Å². The summed E-state index contributed by atoms with van der Waals surface area (Å²) >= 11 is 5.95. The number of carbonyl (C=O) groups is 1. The Kier molecular flexibility index (Phi) is 7.45. The van der Waals surface area contributed by atoms with Crippen molar-refractivity contribution in [3.8, 4) is 45.4 Å². The Morgan fingerprint density at radius 1 is 1.03 bits per heavy atom. The SMILES string of the molecule is COc1ccc(-c2cnoc2-c2cc(OC)c(OC)c(OC)c2)cc1NC(=O)C(Cl)CN. The molecule has 0 aliphatic carbocycles. The number of hydrogen-bond donors (Lipinski definition) is 2. The van der Waals surface area contributed by atoms with Gasteiger partial charge in [0.05, 0.1) is 40.3 Å². The smallest absolute Gasteiger partial charge is 0.243 e. The number of aromatic nitrogens is 1. The summed E-state index contributed by atoms with van der Waals surface area (Å²) < 4.78 is 27.2. The van der Waals surface area contributed by atoms with Crippen molar-refractivity contribution in [2.24, 2.45) is 5.73 Å². The van der Waals surface area contributed by atoms with E-state index in [9.17, 15) is 4.79 Å². The van der Waals surface area contributed by atoms with Gasteiger partial charge in [0.2, 0.25) is 11.7 Å². The molecule has 10 heteroatoms. The minimum Gasteiger partial charge on any atom is -0.495 e. The molecular formula is C22H24ClN3O6. The molecule has 0 radical (unpaired) electrons. The Bertz CT molecular complexity index is 1080. The first-order chi connectivity index (χ1) is 15.5. The highest BCUT2D eigenvalue weighted by Crippen LogP contribution is 2.44. The summed E-state index contributed by atoms with van der Waals surface area (Å²) in [4.78, 5) is 12.3. The predicted octanol–water partition coefficient (Wildman–Crippen LogP) is 3.55. The topological polar surface area (TPSA) is 118 Å². The van der Waals surface area contributed by atoms with E-state index in [1.165, 1.54) is 28.4 Å². The molecule has 0 bridgehead atoms. The number of alkyl halides is 1. The van der Waals surface area contributed by atoms with Crippen molar-refractivity contribution in [3.05, 3.63) is 36.5 Å². The Morgan fingerprint density at radius 2 is 1.69 bits per heavy atom. The number of anilines is 1.